The molecule has 0 atom stereocenters. The minimum Gasteiger partial charge on any atom is -0.464 e. The fraction of sp³-hybridized carbons (Fsp3) is 0.263. The fourth-order valence-corrected chi connectivity index (χ4v) is 3.75. The van der Waals surface area contributed by atoms with E-state index in [0.717, 1.165) is 6.07 Å². The van der Waals surface area contributed by atoms with Gasteiger partial charge >= 0.3 is 5.97 Å². The standard InChI is InChI=1S/C19H17NO8S/c20-5-7-29(25,26)8-6-27-16(22)10-14(21)15-9-13-17(23)11-3-1-2-4-12(11)18(24)19(13)28-15/h1-4,9H,5-8,10,20H2. The van der Waals surface area contributed by atoms with E-state index < -0.39 is 51.9 Å². The third kappa shape index (κ3) is 4.33. The number of hydrogen-bond acceptors (Lipinski definition) is 9. The number of benzene rings is 1. The van der Waals surface area contributed by atoms with Crippen LogP contribution in [0.1, 0.15) is 49.0 Å². The van der Waals surface area contributed by atoms with E-state index in [1.165, 1.54) is 12.1 Å². The molecular weight excluding hydrogens is 402 g/mol. The summed E-state index contributed by atoms with van der Waals surface area (Å²) in [6.07, 6.45) is -0.724. The number of hydrogen-bond donors (Lipinski definition) is 1. The number of ketones is 3. The minimum atomic E-state index is -3.43. The second kappa shape index (κ2) is 8.10. The summed E-state index contributed by atoms with van der Waals surface area (Å²) in [5.74, 6) is -3.93. The quantitative estimate of drug-likeness (QED) is 0.313. The van der Waals surface area contributed by atoms with Crippen molar-refractivity contribution in [3.05, 3.63) is 58.5 Å². The largest absolute Gasteiger partial charge is 0.464 e. The van der Waals surface area contributed by atoms with E-state index in [-0.39, 0.29) is 40.5 Å². The maximum atomic E-state index is 12.5. The Morgan fingerprint density at radius 2 is 1.66 bits per heavy atom. The van der Waals surface area contributed by atoms with Crippen molar-refractivity contribution in [3.63, 3.8) is 0 Å². The highest BCUT2D eigenvalue weighted by atomic mass is 32.2. The molecule has 1 aliphatic rings. The average molecular weight is 419 g/mol. The number of rotatable bonds is 8. The Balaban J connectivity index is 1.67. The Morgan fingerprint density at radius 1 is 1.00 bits per heavy atom. The van der Waals surface area contributed by atoms with E-state index in [1.54, 1.807) is 12.1 Å². The summed E-state index contributed by atoms with van der Waals surface area (Å²) in [5, 5.41) is 0. The summed E-state index contributed by atoms with van der Waals surface area (Å²) in [5.41, 5.74) is 5.52. The first-order valence-corrected chi connectivity index (χ1v) is 10.5. The highest BCUT2D eigenvalue weighted by molar-refractivity contribution is 7.91. The molecule has 0 unspecified atom stereocenters. The van der Waals surface area contributed by atoms with Crippen molar-refractivity contribution in [2.75, 3.05) is 24.7 Å². The molecule has 0 saturated carbocycles. The van der Waals surface area contributed by atoms with Gasteiger partial charge in [-0.1, -0.05) is 24.3 Å². The molecule has 2 N–H and O–H groups in total. The van der Waals surface area contributed by atoms with Crippen LogP contribution in [0.2, 0.25) is 0 Å². The molecule has 0 aliphatic heterocycles. The number of nitrogens with two attached hydrogens (primary N) is 1. The van der Waals surface area contributed by atoms with Gasteiger partial charge in [0.15, 0.2) is 27.1 Å². The Labute approximate surface area is 165 Å². The Morgan fingerprint density at radius 3 is 2.31 bits per heavy atom. The van der Waals surface area contributed by atoms with Crippen LogP contribution in [0.25, 0.3) is 0 Å². The lowest BCUT2D eigenvalue weighted by molar-refractivity contribution is -0.141. The molecule has 29 heavy (non-hydrogen) atoms. The Bertz CT molecular complexity index is 1060. The first-order valence-electron chi connectivity index (χ1n) is 8.65. The summed E-state index contributed by atoms with van der Waals surface area (Å²) >= 11 is 0. The van der Waals surface area contributed by atoms with Crippen LogP contribution in [-0.4, -0.2) is 56.4 Å². The van der Waals surface area contributed by atoms with Crippen molar-refractivity contribution < 1.29 is 36.7 Å². The van der Waals surface area contributed by atoms with Crippen LogP contribution in [0.5, 0.6) is 0 Å². The van der Waals surface area contributed by atoms with Crippen molar-refractivity contribution >= 4 is 33.2 Å². The van der Waals surface area contributed by atoms with E-state index in [9.17, 15) is 27.6 Å². The molecule has 0 amide bonds. The molecule has 9 nitrogen and oxygen atoms in total. The zero-order valence-electron chi connectivity index (χ0n) is 15.2. The van der Waals surface area contributed by atoms with Gasteiger partial charge < -0.3 is 14.9 Å². The second-order valence-electron chi connectivity index (χ2n) is 6.32. The maximum Gasteiger partial charge on any atom is 0.313 e. The van der Waals surface area contributed by atoms with Gasteiger partial charge in [-0.2, -0.15) is 0 Å². The van der Waals surface area contributed by atoms with E-state index in [2.05, 4.69) is 0 Å². The topological polar surface area (TPSA) is 151 Å². The van der Waals surface area contributed by atoms with Crippen LogP contribution in [0.4, 0.5) is 0 Å². The van der Waals surface area contributed by atoms with E-state index >= 15 is 0 Å². The molecule has 1 aliphatic carbocycles. The van der Waals surface area contributed by atoms with Gasteiger partial charge in [0.05, 0.1) is 17.1 Å². The molecule has 10 heteroatoms. The number of carbonyl (C=O) groups excluding carboxylic acids is 4. The zero-order valence-corrected chi connectivity index (χ0v) is 16.0. The van der Waals surface area contributed by atoms with Crippen molar-refractivity contribution in [1.29, 1.82) is 0 Å². The third-order valence-corrected chi connectivity index (χ3v) is 5.91. The van der Waals surface area contributed by atoms with Gasteiger partial charge in [0.25, 0.3) is 0 Å². The summed E-state index contributed by atoms with van der Waals surface area (Å²) in [4.78, 5) is 49.1. The van der Waals surface area contributed by atoms with Crippen LogP contribution in [-0.2, 0) is 19.4 Å². The Hall–Kier alpha value is -3.11. The van der Waals surface area contributed by atoms with Crippen LogP contribution in [0.3, 0.4) is 0 Å². The predicted octanol–water partition coefficient (Wildman–Crippen LogP) is 0.544. The van der Waals surface area contributed by atoms with Crippen LogP contribution >= 0.6 is 0 Å². The normalized spacial score (nSPS) is 13.0. The summed E-state index contributed by atoms with van der Waals surface area (Å²) < 4.78 is 33.0. The predicted molar refractivity (Wildman–Crippen MR) is 99.6 cm³/mol. The molecule has 1 aromatic heterocycles. The lowest BCUT2D eigenvalue weighted by Crippen LogP contribution is -2.22. The number of carbonyl (C=O) groups is 4. The van der Waals surface area contributed by atoms with Gasteiger partial charge in [-0.15, -0.1) is 0 Å². The number of sulfone groups is 1. The van der Waals surface area contributed by atoms with Crippen molar-refractivity contribution in [1.82, 2.24) is 0 Å². The average Bonchev–Trinajstić information content (AvgIpc) is 3.12. The van der Waals surface area contributed by atoms with Gasteiger partial charge in [0.1, 0.15) is 13.0 Å². The smallest absolute Gasteiger partial charge is 0.313 e. The van der Waals surface area contributed by atoms with Crippen molar-refractivity contribution in [3.8, 4) is 0 Å². The molecule has 0 fully saturated rings. The molecule has 3 rings (SSSR count). The molecule has 0 bridgehead atoms. The van der Waals surface area contributed by atoms with Gasteiger partial charge in [0, 0.05) is 17.7 Å². The molecule has 1 heterocycles. The zero-order chi connectivity index (χ0) is 21.2. The first-order chi connectivity index (χ1) is 13.7. The molecule has 0 saturated heterocycles. The van der Waals surface area contributed by atoms with Gasteiger partial charge in [-0.05, 0) is 6.07 Å². The summed E-state index contributed by atoms with van der Waals surface area (Å²) in [6, 6.07) is 7.34. The summed E-state index contributed by atoms with van der Waals surface area (Å²) in [7, 11) is -3.43. The fourth-order valence-electron chi connectivity index (χ4n) is 2.85. The van der Waals surface area contributed by atoms with E-state index in [0.29, 0.717) is 0 Å². The Kier molecular flexibility index (Phi) is 5.76. The maximum absolute atomic E-state index is 12.5. The highest BCUT2D eigenvalue weighted by Gasteiger charge is 2.34. The second-order valence-corrected chi connectivity index (χ2v) is 8.62. The molecule has 0 spiro atoms. The van der Waals surface area contributed by atoms with Gasteiger partial charge in [0.2, 0.25) is 11.6 Å². The van der Waals surface area contributed by atoms with Crippen LogP contribution in [0.15, 0.2) is 34.7 Å². The number of furan rings is 1. The number of fused-ring (bicyclic) bond motifs is 2. The highest BCUT2D eigenvalue weighted by Crippen LogP contribution is 2.30. The molecular formula is C19H17NO8S. The SMILES string of the molecule is NCCS(=O)(=O)CCOC(=O)CC(=O)c1cc2c(o1)C(=O)c1ccccc1C2=O. The van der Waals surface area contributed by atoms with Gasteiger partial charge in [-0.25, -0.2) is 8.42 Å². The van der Waals surface area contributed by atoms with Crippen molar-refractivity contribution in [2.24, 2.45) is 5.73 Å². The van der Waals surface area contributed by atoms with Gasteiger partial charge in [-0.3, -0.25) is 19.2 Å². The molecule has 152 valence electrons. The minimum absolute atomic E-state index is 0.0424. The number of esters is 1. The van der Waals surface area contributed by atoms with E-state index in [4.69, 9.17) is 14.9 Å². The monoisotopic (exact) mass is 419 g/mol. The number of ether oxygens (including phenoxy) is 1. The first kappa shape index (κ1) is 20.6. The van der Waals surface area contributed by atoms with Crippen LogP contribution < -0.4 is 5.73 Å². The molecule has 2 aromatic rings. The van der Waals surface area contributed by atoms with Crippen molar-refractivity contribution in [2.45, 2.75) is 6.42 Å². The summed E-state index contributed by atoms with van der Waals surface area (Å²) in [6.45, 7) is -0.450. The lowest BCUT2D eigenvalue weighted by atomic mass is 9.88. The lowest BCUT2D eigenvalue weighted by Gasteiger charge is -2.11. The number of Topliss-reactive ketones (excluding diaryl/α,β-unsaturated/α-hetero) is 1. The third-order valence-electron chi connectivity index (χ3n) is 4.27. The molecule has 1 aromatic carbocycles. The van der Waals surface area contributed by atoms with Crippen LogP contribution in [0, 0.1) is 0 Å². The molecule has 0 radical (unpaired) electrons. The van der Waals surface area contributed by atoms with E-state index in [1.807, 2.05) is 0 Å².